The molecule has 0 aliphatic rings. The topological polar surface area (TPSA) is 65.2 Å². The fourth-order valence-electron chi connectivity index (χ4n) is 1.30. The van der Waals surface area contributed by atoms with Crippen LogP contribution in [0.3, 0.4) is 0 Å². The molecule has 2 rings (SSSR count). The molecule has 0 spiro atoms. The van der Waals surface area contributed by atoms with E-state index in [-0.39, 0.29) is 5.97 Å². The highest BCUT2D eigenvalue weighted by Crippen LogP contribution is 2.24. The number of benzene rings is 1. The number of hydrogen-bond acceptors (Lipinski definition) is 5. The van der Waals surface area contributed by atoms with Gasteiger partial charge in [0, 0.05) is 6.08 Å². The number of esters is 1. The van der Waals surface area contributed by atoms with Crippen LogP contribution in [0.25, 0.3) is 16.3 Å². The number of carbonyl (C=O) groups is 1. The van der Waals surface area contributed by atoms with Crippen LogP contribution in [0.15, 0.2) is 24.3 Å². The van der Waals surface area contributed by atoms with Crippen LogP contribution in [0, 0.1) is 0 Å². The Labute approximate surface area is 96.4 Å². The highest BCUT2D eigenvalue weighted by Gasteiger charge is 2.00. The molecule has 1 heterocycles. The van der Waals surface area contributed by atoms with Crippen molar-refractivity contribution in [2.75, 3.05) is 12.8 Å². The summed E-state index contributed by atoms with van der Waals surface area (Å²) in [5.41, 5.74) is 7.33. The van der Waals surface area contributed by atoms with Crippen molar-refractivity contribution in [3.63, 3.8) is 0 Å². The molecule has 1 aromatic carbocycles. The van der Waals surface area contributed by atoms with Crippen LogP contribution < -0.4 is 5.73 Å². The number of anilines is 1. The lowest BCUT2D eigenvalue weighted by atomic mass is 10.2. The van der Waals surface area contributed by atoms with E-state index >= 15 is 0 Å². The number of fused-ring (bicyclic) bond motifs is 1. The number of nitrogen functional groups attached to an aromatic ring is 1. The van der Waals surface area contributed by atoms with Crippen molar-refractivity contribution < 1.29 is 9.53 Å². The zero-order valence-corrected chi connectivity index (χ0v) is 9.45. The minimum atomic E-state index is -0.377. The van der Waals surface area contributed by atoms with Gasteiger partial charge in [0.2, 0.25) is 0 Å². The monoisotopic (exact) mass is 234 g/mol. The number of hydrogen-bond donors (Lipinski definition) is 1. The first-order chi connectivity index (χ1) is 7.69. The molecule has 82 valence electrons. The van der Waals surface area contributed by atoms with E-state index < -0.39 is 0 Å². The quantitative estimate of drug-likeness (QED) is 0.638. The van der Waals surface area contributed by atoms with Crippen LogP contribution in [0.5, 0.6) is 0 Å². The van der Waals surface area contributed by atoms with Crippen LogP contribution >= 0.6 is 11.3 Å². The Kier molecular flexibility index (Phi) is 2.87. The van der Waals surface area contributed by atoms with Gasteiger partial charge in [0.25, 0.3) is 0 Å². The Morgan fingerprint density at radius 3 is 3.12 bits per heavy atom. The van der Waals surface area contributed by atoms with Crippen molar-refractivity contribution in [3.05, 3.63) is 29.8 Å². The van der Waals surface area contributed by atoms with Gasteiger partial charge in [-0.1, -0.05) is 17.4 Å². The van der Waals surface area contributed by atoms with Gasteiger partial charge in [-0.3, -0.25) is 0 Å². The molecule has 0 fully saturated rings. The second-order valence-electron chi connectivity index (χ2n) is 3.14. The predicted octanol–water partition coefficient (Wildman–Crippen LogP) is 2.06. The molecule has 0 aliphatic heterocycles. The summed E-state index contributed by atoms with van der Waals surface area (Å²) < 4.78 is 5.54. The number of thiazole rings is 1. The Morgan fingerprint density at radius 2 is 2.38 bits per heavy atom. The Hall–Kier alpha value is -1.88. The number of carbonyl (C=O) groups excluding carboxylic acids is 1. The molecule has 2 N–H and O–H groups in total. The van der Waals surface area contributed by atoms with Crippen LogP contribution in [0.1, 0.15) is 5.56 Å². The minimum absolute atomic E-state index is 0.377. The molecule has 0 saturated carbocycles. The van der Waals surface area contributed by atoms with E-state index in [4.69, 9.17) is 5.73 Å². The third-order valence-corrected chi connectivity index (χ3v) is 2.91. The van der Waals surface area contributed by atoms with Crippen molar-refractivity contribution in [1.82, 2.24) is 4.98 Å². The van der Waals surface area contributed by atoms with Crippen LogP contribution in [0.2, 0.25) is 0 Å². The highest BCUT2D eigenvalue weighted by molar-refractivity contribution is 7.22. The van der Waals surface area contributed by atoms with Gasteiger partial charge >= 0.3 is 5.97 Å². The molecule has 0 atom stereocenters. The maximum atomic E-state index is 10.9. The second kappa shape index (κ2) is 4.32. The molecule has 0 radical (unpaired) electrons. The standard InChI is InChI=1S/C11H10N2O2S/c1-15-10(14)5-3-7-2-4-9-8(6-7)13-11(12)16-9/h2-6H,1H3,(H2,12,13). The average Bonchev–Trinajstić information content (AvgIpc) is 2.65. The number of nitrogens with zero attached hydrogens (tertiary/aromatic N) is 1. The average molecular weight is 234 g/mol. The predicted molar refractivity (Wildman–Crippen MR) is 65.1 cm³/mol. The van der Waals surface area contributed by atoms with Crippen LogP contribution in [0.4, 0.5) is 5.13 Å². The molecular formula is C11H10N2O2S. The molecule has 4 nitrogen and oxygen atoms in total. The molecule has 0 unspecified atom stereocenters. The second-order valence-corrected chi connectivity index (χ2v) is 4.20. The van der Waals surface area contributed by atoms with Gasteiger partial charge in [0.1, 0.15) is 0 Å². The maximum Gasteiger partial charge on any atom is 0.330 e. The Balaban J connectivity index is 2.32. The Bertz CT molecular complexity index is 560. The first kappa shape index (κ1) is 10.6. The normalized spacial score (nSPS) is 11.1. The summed E-state index contributed by atoms with van der Waals surface area (Å²) in [5, 5.41) is 0.545. The first-order valence-electron chi connectivity index (χ1n) is 4.61. The summed E-state index contributed by atoms with van der Waals surface area (Å²) in [6.07, 6.45) is 3.05. The lowest BCUT2D eigenvalue weighted by molar-refractivity contribution is -0.134. The first-order valence-corrected chi connectivity index (χ1v) is 5.43. The highest BCUT2D eigenvalue weighted by atomic mass is 32.1. The summed E-state index contributed by atoms with van der Waals surface area (Å²) in [4.78, 5) is 15.1. The van der Waals surface area contributed by atoms with Gasteiger partial charge in [-0.15, -0.1) is 0 Å². The van der Waals surface area contributed by atoms with Crippen molar-refractivity contribution in [2.45, 2.75) is 0 Å². The van der Waals surface area contributed by atoms with Gasteiger partial charge in [0.15, 0.2) is 5.13 Å². The third kappa shape index (κ3) is 2.20. The Morgan fingerprint density at radius 1 is 1.56 bits per heavy atom. The molecule has 16 heavy (non-hydrogen) atoms. The molecule has 0 amide bonds. The largest absolute Gasteiger partial charge is 0.466 e. The van der Waals surface area contributed by atoms with Gasteiger partial charge < -0.3 is 10.5 Å². The molecule has 2 aromatic rings. The van der Waals surface area contributed by atoms with E-state index in [0.29, 0.717) is 5.13 Å². The number of methoxy groups -OCH3 is 1. The smallest absolute Gasteiger partial charge is 0.330 e. The lowest BCUT2D eigenvalue weighted by Gasteiger charge is -1.93. The summed E-state index contributed by atoms with van der Waals surface area (Å²) in [7, 11) is 1.34. The molecule has 0 aliphatic carbocycles. The van der Waals surface area contributed by atoms with E-state index in [2.05, 4.69) is 9.72 Å². The number of nitrogens with two attached hydrogens (primary N) is 1. The summed E-state index contributed by atoms with van der Waals surface area (Å²) in [6, 6.07) is 5.71. The molecule has 1 aromatic heterocycles. The summed E-state index contributed by atoms with van der Waals surface area (Å²) >= 11 is 1.44. The van der Waals surface area contributed by atoms with E-state index in [1.165, 1.54) is 24.5 Å². The number of aromatic nitrogens is 1. The minimum Gasteiger partial charge on any atom is -0.466 e. The number of rotatable bonds is 2. The van der Waals surface area contributed by atoms with Crippen molar-refractivity contribution in [2.24, 2.45) is 0 Å². The van der Waals surface area contributed by atoms with E-state index in [1.807, 2.05) is 18.2 Å². The van der Waals surface area contributed by atoms with Crippen LogP contribution in [-0.4, -0.2) is 18.1 Å². The molecule has 0 bridgehead atoms. The lowest BCUT2D eigenvalue weighted by Crippen LogP contribution is -1.93. The van der Waals surface area contributed by atoms with Gasteiger partial charge in [-0.05, 0) is 23.8 Å². The summed E-state index contributed by atoms with van der Waals surface area (Å²) in [6.45, 7) is 0. The van der Waals surface area contributed by atoms with Crippen molar-refractivity contribution in [3.8, 4) is 0 Å². The van der Waals surface area contributed by atoms with Crippen molar-refractivity contribution in [1.29, 1.82) is 0 Å². The zero-order chi connectivity index (χ0) is 11.5. The van der Waals surface area contributed by atoms with Gasteiger partial charge in [-0.25, -0.2) is 9.78 Å². The fraction of sp³-hybridized carbons (Fsp3) is 0.0909. The molecular weight excluding hydrogens is 224 g/mol. The SMILES string of the molecule is COC(=O)C=Cc1ccc2sc(N)nc2c1. The van der Waals surface area contributed by atoms with E-state index in [0.717, 1.165) is 15.8 Å². The van der Waals surface area contributed by atoms with Crippen LogP contribution in [-0.2, 0) is 9.53 Å². The zero-order valence-electron chi connectivity index (χ0n) is 8.64. The third-order valence-electron chi connectivity index (χ3n) is 2.04. The van der Waals surface area contributed by atoms with Crippen molar-refractivity contribution >= 4 is 38.7 Å². The molecule has 5 heteroatoms. The summed E-state index contributed by atoms with van der Waals surface area (Å²) in [5.74, 6) is -0.377. The van der Waals surface area contributed by atoms with E-state index in [9.17, 15) is 4.79 Å². The maximum absolute atomic E-state index is 10.9. The van der Waals surface area contributed by atoms with E-state index in [1.54, 1.807) is 6.08 Å². The number of ether oxygens (including phenoxy) is 1. The fourth-order valence-corrected chi connectivity index (χ4v) is 2.01. The molecule has 0 saturated heterocycles. The van der Waals surface area contributed by atoms with Gasteiger partial charge in [-0.2, -0.15) is 0 Å². The van der Waals surface area contributed by atoms with Gasteiger partial charge in [0.05, 0.1) is 17.3 Å².